The van der Waals surface area contributed by atoms with Crippen LogP contribution < -0.4 is 11.1 Å². The first-order valence-electron chi connectivity index (χ1n) is 17.7. The maximum absolute atomic E-state index is 11.4. The molecule has 0 unspecified atom stereocenters. The maximum Gasteiger partial charge on any atom is 0.250 e. The molecule has 0 bridgehead atoms. The number of rotatable bonds is 2. The van der Waals surface area contributed by atoms with Crippen LogP contribution in [0.3, 0.4) is 0 Å². The van der Waals surface area contributed by atoms with E-state index in [9.17, 15) is 9.59 Å². The molecule has 0 saturated heterocycles. The van der Waals surface area contributed by atoms with Crippen LogP contribution in [0.2, 0.25) is 0 Å². The fourth-order valence-corrected chi connectivity index (χ4v) is 3.85. The second-order valence-corrected chi connectivity index (χ2v) is 12.7. The largest absolute Gasteiger partial charge is 0.312 e. The summed E-state index contributed by atoms with van der Waals surface area (Å²) in [6, 6.07) is 11.7. The molecule has 4 nitrogen and oxygen atoms in total. The predicted octanol–water partition coefficient (Wildman–Crippen LogP) is 13.2. The third kappa shape index (κ3) is 29.9. The Morgan fingerprint density at radius 2 is 0.795 bits per heavy atom. The maximum atomic E-state index is 11.4. The lowest BCUT2D eigenvalue weighted by Gasteiger charge is -2.12. The summed E-state index contributed by atoms with van der Waals surface area (Å²) in [5, 5.41) is 0. The zero-order valence-corrected chi connectivity index (χ0v) is 31.8. The van der Waals surface area contributed by atoms with Gasteiger partial charge in [0.05, 0.1) is 0 Å². The molecular formula is C40H80N2O2. The lowest BCUT2D eigenvalue weighted by Crippen LogP contribution is -2.21. The van der Waals surface area contributed by atoms with Gasteiger partial charge in [-0.1, -0.05) is 162 Å². The van der Waals surface area contributed by atoms with E-state index in [0.717, 1.165) is 0 Å². The monoisotopic (exact) mass is 621 g/mol. The Morgan fingerprint density at radius 3 is 0.977 bits per heavy atom. The molecule has 4 heteroatoms. The van der Waals surface area contributed by atoms with Crippen LogP contribution in [0.25, 0.3) is 0 Å². The van der Waals surface area contributed by atoms with Crippen molar-refractivity contribution in [2.45, 2.75) is 188 Å². The Labute approximate surface area is 277 Å². The summed E-state index contributed by atoms with van der Waals surface area (Å²) in [5.74, 6) is 0. The molecule has 2 aliphatic rings. The van der Waals surface area contributed by atoms with Gasteiger partial charge in [-0.2, -0.15) is 0 Å². The molecule has 0 atom stereocenters. The van der Waals surface area contributed by atoms with Gasteiger partial charge in [-0.15, -0.1) is 0 Å². The van der Waals surface area contributed by atoms with Crippen molar-refractivity contribution in [3.8, 4) is 0 Å². The molecule has 2 aliphatic carbocycles. The topological polar surface area (TPSA) is 44.0 Å². The number of pyridine rings is 2. The molecule has 2 fully saturated rings. The standard InChI is InChI=1S/2C10H13NO.C6H14.C5H12.4C2H6.CH4/c2*12-10-7-3-4-8-11(10)9-5-1-2-6-9;1-5-6(2,3)4;1-5(2,3)4;4*1-2;/h2*3-4,7-9H,1-2,5-6H2;5H2,1-4H3;1-4H3;4*1-2H3;1H4. The Balaban J connectivity index is -0.000000148. The number of hydrogen-bond donors (Lipinski definition) is 0. The van der Waals surface area contributed by atoms with Gasteiger partial charge in [0.2, 0.25) is 0 Å². The van der Waals surface area contributed by atoms with Gasteiger partial charge in [-0.25, -0.2) is 0 Å². The lowest BCUT2D eigenvalue weighted by atomic mass is 9.94. The molecule has 2 aromatic rings. The molecule has 0 aromatic carbocycles. The van der Waals surface area contributed by atoms with Crippen LogP contribution in [0, 0.1) is 10.8 Å². The van der Waals surface area contributed by atoms with Gasteiger partial charge in [0.25, 0.3) is 11.1 Å². The molecule has 0 aliphatic heterocycles. The Hall–Kier alpha value is -2.10. The van der Waals surface area contributed by atoms with E-state index in [0.29, 0.717) is 22.9 Å². The number of nitrogens with zero attached hydrogens (tertiary/aromatic N) is 2. The van der Waals surface area contributed by atoms with E-state index in [-0.39, 0.29) is 18.5 Å². The first-order chi connectivity index (χ1) is 20.3. The van der Waals surface area contributed by atoms with Crippen LogP contribution in [-0.2, 0) is 0 Å². The van der Waals surface area contributed by atoms with Gasteiger partial charge < -0.3 is 9.13 Å². The summed E-state index contributed by atoms with van der Waals surface area (Å²) < 4.78 is 3.74. The van der Waals surface area contributed by atoms with Crippen molar-refractivity contribution in [1.82, 2.24) is 9.13 Å². The fraction of sp³-hybridized carbons (Fsp3) is 0.750. The van der Waals surface area contributed by atoms with Crippen molar-refractivity contribution >= 4 is 0 Å². The molecule has 2 aromatic heterocycles. The summed E-state index contributed by atoms with van der Waals surface area (Å²) in [7, 11) is 0. The average Bonchev–Trinajstić information content (AvgIpc) is 3.73. The summed E-state index contributed by atoms with van der Waals surface area (Å²) in [4.78, 5) is 22.7. The Morgan fingerprint density at radius 1 is 0.568 bits per heavy atom. The number of hydrogen-bond acceptors (Lipinski definition) is 2. The van der Waals surface area contributed by atoms with E-state index < -0.39 is 0 Å². The fourth-order valence-electron chi connectivity index (χ4n) is 3.85. The van der Waals surface area contributed by atoms with Gasteiger partial charge in [-0.05, 0) is 48.6 Å². The highest BCUT2D eigenvalue weighted by Gasteiger charge is 2.17. The zero-order chi connectivity index (χ0) is 34.5. The third-order valence-electron chi connectivity index (χ3n) is 6.20. The average molecular weight is 621 g/mol. The lowest BCUT2D eigenvalue weighted by molar-refractivity contribution is 0.398. The molecule has 0 amide bonds. The van der Waals surface area contributed by atoms with Crippen molar-refractivity contribution in [1.29, 1.82) is 0 Å². The van der Waals surface area contributed by atoms with Crippen molar-refractivity contribution in [3.63, 3.8) is 0 Å². The van der Waals surface area contributed by atoms with Crippen LogP contribution in [0.5, 0.6) is 0 Å². The first-order valence-corrected chi connectivity index (χ1v) is 17.7. The summed E-state index contributed by atoms with van der Waals surface area (Å²) in [6.45, 7) is 33.7. The van der Waals surface area contributed by atoms with Crippen molar-refractivity contribution in [2.24, 2.45) is 10.8 Å². The third-order valence-corrected chi connectivity index (χ3v) is 6.20. The predicted molar refractivity (Wildman–Crippen MR) is 203 cm³/mol. The van der Waals surface area contributed by atoms with E-state index in [4.69, 9.17) is 0 Å². The molecule has 2 saturated carbocycles. The van der Waals surface area contributed by atoms with E-state index >= 15 is 0 Å². The van der Waals surface area contributed by atoms with Gasteiger partial charge in [0, 0.05) is 36.6 Å². The minimum absolute atomic E-state index is 0. The highest BCUT2D eigenvalue weighted by atomic mass is 16.1. The van der Waals surface area contributed by atoms with E-state index in [1.54, 1.807) is 24.3 Å². The summed E-state index contributed by atoms with van der Waals surface area (Å²) in [6.07, 6.45) is 14.8. The van der Waals surface area contributed by atoms with Crippen LogP contribution >= 0.6 is 0 Å². The second kappa shape index (κ2) is 32.3. The Bertz CT molecular complexity index is 861. The SMILES string of the molecule is C.CC.CC.CC.CC.CC(C)(C)C.CCC(C)(C)C.O=c1ccccn1C1CCCC1.O=c1ccccn1C1CCCC1. The molecule has 262 valence electrons. The highest BCUT2D eigenvalue weighted by molar-refractivity contribution is 4.96. The van der Waals surface area contributed by atoms with Crippen molar-refractivity contribution in [3.05, 3.63) is 69.5 Å². The van der Waals surface area contributed by atoms with E-state index in [1.165, 1.54) is 57.8 Å². The normalized spacial score (nSPS) is 13.5. The Kier molecular flexibility index (Phi) is 37.8. The summed E-state index contributed by atoms with van der Waals surface area (Å²) >= 11 is 0. The minimum Gasteiger partial charge on any atom is -0.312 e. The molecular weight excluding hydrogens is 540 g/mol. The van der Waals surface area contributed by atoms with Crippen LogP contribution in [-0.4, -0.2) is 9.13 Å². The van der Waals surface area contributed by atoms with Crippen LogP contribution in [0.4, 0.5) is 0 Å². The van der Waals surface area contributed by atoms with Crippen molar-refractivity contribution in [2.75, 3.05) is 0 Å². The molecule has 4 rings (SSSR count). The molecule has 0 N–H and O–H groups in total. The highest BCUT2D eigenvalue weighted by Crippen LogP contribution is 2.28. The van der Waals surface area contributed by atoms with Gasteiger partial charge >= 0.3 is 0 Å². The van der Waals surface area contributed by atoms with Crippen molar-refractivity contribution < 1.29 is 0 Å². The van der Waals surface area contributed by atoms with Crippen LogP contribution in [0.15, 0.2) is 58.4 Å². The second-order valence-electron chi connectivity index (χ2n) is 12.7. The van der Waals surface area contributed by atoms with Gasteiger partial charge in [0.15, 0.2) is 0 Å². The van der Waals surface area contributed by atoms with Gasteiger partial charge in [-0.3, -0.25) is 9.59 Å². The van der Waals surface area contributed by atoms with E-state index in [1.807, 2.05) is 89.1 Å². The zero-order valence-electron chi connectivity index (χ0n) is 31.8. The molecule has 0 spiro atoms. The van der Waals surface area contributed by atoms with Crippen LogP contribution in [0.1, 0.15) is 188 Å². The van der Waals surface area contributed by atoms with Gasteiger partial charge in [0.1, 0.15) is 0 Å². The van der Waals surface area contributed by atoms with E-state index in [2.05, 4.69) is 55.4 Å². The molecule has 44 heavy (non-hydrogen) atoms. The number of aromatic nitrogens is 2. The minimum atomic E-state index is 0. The molecule has 2 heterocycles. The first kappa shape index (κ1) is 51.5. The molecule has 0 radical (unpaired) electrons. The quantitative estimate of drug-likeness (QED) is 0.335. The summed E-state index contributed by atoms with van der Waals surface area (Å²) in [5.41, 5.74) is 1.33. The smallest absolute Gasteiger partial charge is 0.250 e.